The molecule has 6 N–H and O–H groups in total. The van der Waals surface area contributed by atoms with Crippen LogP contribution in [0.25, 0.3) is 0 Å². The summed E-state index contributed by atoms with van der Waals surface area (Å²) in [7, 11) is 0. The number of hydrogen-bond donors (Lipinski definition) is 4. The first-order valence-electron chi connectivity index (χ1n) is 6.71. The van der Waals surface area contributed by atoms with E-state index in [-0.39, 0.29) is 52.0 Å². The minimum absolute atomic E-state index is 0. The molecule has 2 unspecified atom stereocenters. The minimum atomic E-state index is -1.02. The van der Waals surface area contributed by atoms with Crippen LogP contribution in [0.15, 0.2) is 57.5 Å². The maximum absolute atomic E-state index is 10.4. The normalized spacial score (nSPS) is 11.7. The number of nitrogens with two attached hydrogens (primary N) is 2. The quantitative estimate of drug-likeness (QED) is 0.450. The predicted molar refractivity (Wildman–Crippen MR) is 104 cm³/mol. The van der Waals surface area contributed by atoms with Crippen LogP contribution in [0.2, 0.25) is 0 Å². The van der Waals surface area contributed by atoms with Crippen molar-refractivity contribution in [2.75, 3.05) is 6.61 Å². The van der Waals surface area contributed by atoms with Gasteiger partial charge in [0.15, 0.2) is 0 Å². The van der Waals surface area contributed by atoms with Crippen LogP contribution in [0.1, 0.15) is 24.6 Å². The Morgan fingerprint density at radius 2 is 1.32 bits per heavy atom. The number of aliphatic hydroxyl groups is 1. The summed E-state index contributed by atoms with van der Waals surface area (Å²) in [6.45, 7) is -0.0123. The Labute approximate surface area is 189 Å². The molecular formula is C16H19BBr2N2NaO3. The number of aliphatic carboxylic acids is 1. The van der Waals surface area contributed by atoms with Gasteiger partial charge in [0, 0.05) is 17.4 Å². The predicted octanol–water partition coefficient (Wildman–Crippen LogP) is -0.290. The SMILES string of the molecule is NC(C(=O)O)c1ccc(Br)cc1.NC(CO)c1ccc(Br)cc1.[B].[H-].[Na+]. The molecule has 0 saturated carbocycles. The van der Waals surface area contributed by atoms with Gasteiger partial charge in [-0.3, -0.25) is 4.79 Å². The Balaban J connectivity index is -0.000000366. The zero-order valence-electron chi connectivity index (χ0n) is 14.8. The van der Waals surface area contributed by atoms with Gasteiger partial charge in [-0.15, -0.1) is 0 Å². The smallest absolute Gasteiger partial charge is 1.00 e. The Kier molecular flexibility index (Phi) is 15.1. The van der Waals surface area contributed by atoms with E-state index in [9.17, 15) is 4.79 Å². The molecule has 0 amide bonds. The molecule has 0 aromatic heterocycles. The number of carbonyl (C=O) groups is 1. The molecule has 2 rings (SSSR count). The van der Waals surface area contributed by atoms with E-state index in [1.807, 2.05) is 24.3 Å². The molecule has 0 heterocycles. The summed E-state index contributed by atoms with van der Waals surface area (Å²) in [4.78, 5) is 10.4. The summed E-state index contributed by atoms with van der Waals surface area (Å²) >= 11 is 6.56. The van der Waals surface area contributed by atoms with Gasteiger partial charge in [0.1, 0.15) is 6.04 Å². The third-order valence-electron chi connectivity index (χ3n) is 2.99. The molecule has 9 heteroatoms. The largest absolute Gasteiger partial charge is 1.00 e. The maximum Gasteiger partial charge on any atom is 1.00 e. The molecule has 2 aromatic rings. The molecule has 2 aromatic carbocycles. The topological polar surface area (TPSA) is 110 Å². The van der Waals surface area contributed by atoms with Crippen molar-refractivity contribution in [3.05, 3.63) is 68.6 Å². The van der Waals surface area contributed by atoms with Crippen LogP contribution >= 0.6 is 31.9 Å². The van der Waals surface area contributed by atoms with Gasteiger partial charge in [-0.2, -0.15) is 0 Å². The zero-order valence-corrected chi connectivity index (χ0v) is 18.9. The first kappa shape index (κ1) is 27.0. The molecule has 0 fully saturated rings. The first-order valence-corrected chi connectivity index (χ1v) is 8.29. The van der Waals surface area contributed by atoms with Crippen LogP contribution in [-0.4, -0.2) is 31.2 Å². The maximum atomic E-state index is 10.4. The van der Waals surface area contributed by atoms with Crippen molar-refractivity contribution < 1.29 is 46.0 Å². The van der Waals surface area contributed by atoms with Gasteiger partial charge in [-0.05, 0) is 35.4 Å². The van der Waals surface area contributed by atoms with Crippen molar-refractivity contribution >= 4 is 46.2 Å². The molecule has 25 heavy (non-hydrogen) atoms. The number of rotatable bonds is 4. The number of aliphatic hydroxyl groups excluding tert-OH is 1. The second kappa shape index (κ2) is 13.9. The van der Waals surface area contributed by atoms with E-state index < -0.39 is 12.0 Å². The summed E-state index contributed by atoms with van der Waals surface area (Å²) in [5, 5.41) is 17.3. The van der Waals surface area contributed by atoms with E-state index in [0.29, 0.717) is 5.56 Å². The summed E-state index contributed by atoms with van der Waals surface area (Å²) in [6, 6.07) is 13.3. The van der Waals surface area contributed by atoms with Crippen LogP contribution in [0.5, 0.6) is 0 Å². The van der Waals surface area contributed by atoms with E-state index in [0.717, 1.165) is 14.5 Å². The summed E-state index contributed by atoms with van der Waals surface area (Å²) in [6.07, 6.45) is 0. The summed E-state index contributed by atoms with van der Waals surface area (Å²) < 4.78 is 1.93. The van der Waals surface area contributed by atoms with Gasteiger partial charge in [0.2, 0.25) is 0 Å². The van der Waals surface area contributed by atoms with Crippen LogP contribution in [0, 0.1) is 0 Å². The average molecular weight is 481 g/mol. The molecule has 5 nitrogen and oxygen atoms in total. The summed E-state index contributed by atoms with van der Waals surface area (Å²) in [5.41, 5.74) is 12.5. The molecule has 0 bridgehead atoms. The van der Waals surface area contributed by atoms with E-state index in [1.54, 1.807) is 24.3 Å². The Morgan fingerprint density at radius 3 is 1.64 bits per heavy atom. The second-order valence-corrected chi connectivity index (χ2v) is 6.54. The third kappa shape index (κ3) is 9.91. The van der Waals surface area contributed by atoms with Crippen LogP contribution in [-0.2, 0) is 4.79 Å². The molecule has 0 aliphatic rings. The summed E-state index contributed by atoms with van der Waals surface area (Å²) in [5.74, 6) is -1.02. The van der Waals surface area contributed by atoms with Crippen molar-refractivity contribution in [2.24, 2.45) is 11.5 Å². The molecular weight excluding hydrogens is 462 g/mol. The van der Waals surface area contributed by atoms with Crippen LogP contribution in [0.3, 0.4) is 0 Å². The van der Waals surface area contributed by atoms with E-state index >= 15 is 0 Å². The fourth-order valence-electron chi connectivity index (χ4n) is 1.63. The molecule has 0 saturated heterocycles. The molecule has 0 aliphatic heterocycles. The van der Waals surface area contributed by atoms with Gasteiger partial charge in [0.25, 0.3) is 0 Å². The Hall–Kier alpha value is -0.185. The fraction of sp³-hybridized carbons (Fsp3) is 0.188. The molecule has 0 aliphatic carbocycles. The second-order valence-electron chi connectivity index (χ2n) is 4.71. The van der Waals surface area contributed by atoms with Gasteiger partial charge >= 0.3 is 35.5 Å². The standard InChI is InChI=1S/C8H8BrNO2.C8H10BrNO.B.Na.H/c9-6-3-1-5(2-4-6)7(10)8(11)12;9-7-3-1-6(2-4-7)8(10)5-11;;;/h1-4,7H,10H2,(H,11,12);1-4,8,11H,5,10H2;;;/q;;;+1;-1. The molecule has 2 atom stereocenters. The first-order chi connectivity index (χ1) is 10.8. The van der Waals surface area contributed by atoms with E-state index in [1.165, 1.54) is 0 Å². The minimum Gasteiger partial charge on any atom is -1.00 e. The van der Waals surface area contributed by atoms with Crippen molar-refractivity contribution in [3.8, 4) is 0 Å². The van der Waals surface area contributed by atoms with Crippen molar-refractivity contribution in [3.63, 3.8) is 0 Å². The molecule has 129 valence electrons. The van der Waals surface area contributed by atoms with Gasteiger partial charge in [0.05, 0.1) is 12.6 Å². The van der Waals surface area contributed by atoms with Crippen molar-refractivity contribution in [1.29, 1.82) is 0 Å². The van der Waals surface area contributed by atoms with E-state index in [2.05, 4.69) is 31.9 Å². The monoisotopic (exact) mass is 479 g/mol. The van der Waals surface area contributed by atoms with Crippen molar-refractivity contribution in [2.45, 2.75) is 12.1 Å². The Bertz CT molecular complexity index is 636. The van der Waals surface area contributed by atoms with Gasteiger partial charge < -0.3 is 23.1 Å². The Morgan fingerprint density at radius 1 is 0.960 bits per heavy atom. The van der Waals surface area contributed by atoms with E-state index in [4.69, 9.17) is 21.7 Å². The number of benzene rings is 2. The number of carboxylic acids is 1. The van der Waals surface area contributed by atoms with Crippen LogP contribution in [0.4, 0.5) is 0 Å². The molecule has 0 spiro atoms. The number of carboxylic acid groups (broad SMARTS) is 1. The van der Waals surface area contributed by atoms with Gasteiger partial charge in [-0.1, -0.05) is 56.1 Å². The van der Waals surface area contributed by atoms with Crippen LogP contribution < -0.4 is 41.0 Å². The molecule has 3 radical (unpaired) electrons. The van der Waals surface area contributed by atoms with Crippen molar-refractivity contribution in [1.82, 2.24) is 0 Å². The zero-order chi connectivity index (χ0) is 17.4. The third-order valence-corrected chi connectivity index (χ3v) is 4.05. The van der Waals surface area contributed by atoms with Gasteiger partial charge in [-0.25, -0.2) is 0 Å². The number of hydrogen-bond acceptors (Lipinski definition) is 4. The fourth-order valence-corrected chi connectivity index (χ4v) is 2.16. The number of halogens is 2. The average Bonchev–Trinajstić information content (AvgIpc) is 2.55.